The van der Waals surface area contributed by atoms with Crippen LogP contribution in [0.2, 0.25) is 0 Å². The minimum absolute atomic E-state index is 0.304. The van der Waals surface area contributed by atoms with Crippen molar-refractivity contribution in [2.45, 2.75) is 0 Å². The monoisotopic (exact) mass is 160 g/mol. The molecule has 0 unspecified atom stereocenters. The van der Waals surface area contributed by atoms with Crippen LogP contribution >= 0.6 is 24.1 Å². The van der Waals surface area contributed by atoms with Gasteiger partial charge in [0.2, 0.25) is 0 Å². The van der Waals surface area contributed by atoms with E-state index in [1.54, 1.807) is 0 Å². The second kappa shape index (κ2) is 7.64. The van der Waals surface area contributed by atoms with Gasteiger partial charge in [0.05, 0.1) is 12.1 Å². The van der Waals surface area contributed by atoms with Crippen LogP contribution in [-0.2, 0) is 3.63 Å². The summed E-state index contributed by atoms with van der Waals surface area (Å²) in [7, 11) is 0. The minimum Gasteiger partial charge on any atom is -0.245 e. The van der Waals surface area contributed by atoms with Crippen molar-refractivity contribution < 1.29 is 3.63 Å². The third-order valence-corrected chi connectivity index (χ3v) is 1.61. The molecule has 48 valence electrons. The molecule has 0 rings (SSSR count). The van der Waals surface area contributed by atoms with E-state index in [4.69, 9.17) is 14.2 Å². The van der Waals surface area contributed by atoms with Crippen LogP contribution in [0.25, 0.3) is 0 Å². The zero-order chi connectivity index (χ0) is 6.95. The molecule has 0 aromatic rings. The third kappa shape index (κ3) is 7.64. The van der Waals surface area contributed by atoms with E-state index in [2.05, 4.69) is 0 Å². The molecule has 9 heavy (non-hydrogen) atoms. The first-order valence-electron chi connectivity index (χ1n) is 2.07. The Labute approximate surface area is 62.4 Å². The van der Waals surface area contributed by atoms with Gasteiger partial charge in [-0.1, -0.05) is 0 Å². The summed E-state index contributed by atoms with van der Waals surface area (Å²) in [5.74, 6) is 0.608. The van der Waals surface area contributed by atoms with Crippen molar-refractivity contribution in [2.24, 2.45) is 0 Å². The fourth-order valence-corrected chi connectivity index (χ4v) is 0.897. The second-order valence-corrected chi connectivity index (χ2v) is 2.50. The van der Waals surface area contributed by atoms with Crippen LogP contribution in [0, 0.1) is 22.7 Å². The van der Waals surface area contributed by atoms with Crippen molar-refractivity contribution in [2.75, 3.05) is 11.5 Å². The van der Waals surface area contributed by atoms with Crippen molar-refractivity contribution in [3.05, 3.63) is 0 Å². The average molecular weight is 160 g/mol. The largest absolute Gasteiger partial charge is 0.245 e. The molecule has 0 saturated heterocycles. The molecule has 0 heterocycles. The third-order valence-electron chi connectivity index (χ3n) is 0.343. The molecule has 0 aliphatic rings. The minimum atomic E-state index is 0.304. The van der Waals surface area contributed by atoms with Gasteiger partial charge in [0.25, 0.3) is 0 Å². The van der Waals surface area contributed by atoms with Crippen LogP contribution in [0.15, 0.2) is 0 Å². The highest BCUT2D eigenvalue weighted by Gasteiger charge is 1.86. The van der Waals surface area contributed by atoms with Gasteiger partial charge in [0.1, 0.15) is 11.5 Å². The Hall–Kier alpha value is -0.360. The van der Waals surface area contributed by atoms with Gasteiger partial charge in [-0.2, -0.15) is 10.5 Å². The summed E-state index contributed by atoms with van der Waals surface area (Å²) in [6.07, 6.45) is 0. The highest BCUT2D eigenvalue weighted by Crippen LogP contribution is 2.12. The van der Waals surface area contributed by atoms with Gasteiger partial charge in [-0.05, 0) is 0 Å². The van der Waals surface area contributed by atoms with Crippen LogP contribution in [-0.4, -0.2) is 11.5 Å². The first kappa shape index (κ1) is 8.64. The Morgan fingerprint density at radius 2 is 1.56 bits per heavy atom. The van der Waals surface area contributed by atoms with Crippen LogP contribution in [0.5, 0.6) is 0 Å². The van der Waals surface area contributed by atoms with Gasteiger partial charge in [0, 0.05) is 24.1 Å². The molecule has 0 N–H and O–H groups in total. The molecule has 0 aromatic heterocycles. The Kier molecular flexibility index (Phi) is 7.33. The molecule has 0 radical (unpaired) electrons. The Morgan fingerprint density at radius 3 is 1.89 bits per heavy atom. The van der Waals surface area contributed by atoms with Crippen LogP contribution in [0.4, 0.5) is 0 Å². The maximum atomic E-state index is 8.00. The number of rotatable bonds is 4. The molecule has 5 heteroatoms. The lowest BCUT2D eigenvalue weighted by atomic mass is 10.9. The molecule has 0 fully saturated rings. The summed E-state index contributed by atoms with van der Waals surface area (Å²) in [6.45, 7) is 0. The lowest BCUT2D eigenvalue weighted by molar-refractivity contribution is 0.764. The van der Waals surface area contributed by atoms with Gasteiger partial charge < -0.3 is 0 Å². The lowest BCUT2D eigenvalue weighted by Gasteiger charge is -1.89. The van der Waals surface area contributed by atoms with Gasteiger partial charge in [-0.15, -0.1) is 0 Å². The molecule has 0 saturated carbocycles. The van der Waals surface area contributed by atoms with Gasteiger partial charge in [-0.25, -0.2) is 3.63 Å². The summed E-state index contributed by atoms with van der Waals surface area (Å²) < 4.78 is 4.70. The number of hydrogen-bond acceptors (Lipinski definition) is 5. The van der Waals surface area contributed by atoms with Crippen LogP contribution < -0.4 is 0 Å². The van der Waals surface area contributed by atoms with Crippen molar-refractivity contribution in [1.82, 2.24) is 0 Å². The Balaban J connectivity index is 2.79. The van der Waals surface area contributed by atoms with Gasteiger partial charge in [-0.3, -0.25) is 0 Å². The number of nitrogens with zero attached hydrogens (tertiary/aromatic N) is 2. The molecular weight excluding hydrogens is 156 g/mol. The zero-order valence-corrected chi connectivity index (χ0v) is 6.17. The van der Waals surface area contributed by atoms with E-state index in [0.29, 0.717) is 11.5 Å². The average Bonchev–Trinajstić information content (AvgIpc) is 1.89. The van der Waals surface area contributed by atoms with E-state index in [1.165, 1.54) is 0 Å². The van der Waals surface area contributed by atoms with Crippen LogP contribution in [0.1, 0.15) is 0 Å². The second-order valence-electron chi connectivity index (χ2n) is 0.909. The summed E-state index contributed by atoms with van der Waals surface area (Å²) >= 11 is 2.09. The van der Waals surface area contributed by atoms with Gasteiger partial charge in [0.15, 0.2) is 0 Å². The van der Waals surface area contributed by atoms with E-state index in [0.717, 1.165) is 24.1 Å². The number of nitriles is 2. The van der Waals surface area contributed by atoms with Gasteiger partial charge >= 0.3 is 0 Å². The topological polar surface area (TPSA) is 56.8 Å². The molecule has 0 atom stereocenters. The molecule has 3 nitrogen and oxygen atoms in total. The smallest absolute Gasteiger partial charge is 0.108 e. The summed E-state index contributed by atoms with van der Waals surface area (Å²) in [6, 6.07) is 3.77. The van der Waals surface area contributed by atoms with Crippen LogP contribution in [0.3, 0.4) is 0 Å². The summed E-state index contributed by atoms with van der Waals surface area (Å²) in [4.78, 5) is 0. The van der Waals surface area contributed by atoms with E-state index in [9.17, 15) is 0 Å². The summed E-state index contributed by atoms with van der Waals surface area (Å²) in [5.41, 5.74) is 0. The molecule has 0 aliphatic carbocycles. The quantitative estimate of drug-likeness (QED) is 0.459. The molecule has 0 aliphatic heterocycles. The maximum absolute atomic E-state index is 8.00. The van der Waals surface area contributed by atoms with Crippen molar-refractivity contribution in [1.29, 1.82) is 10.5 Å². The van der Waals surface area contributed by atoms with Crippen molar-refractivity contribution >= 4 is 24.1 Å². The molecule has 0 aromatic carbocycles. The predicted octanol–water partition coefficient (Wildman–Crippen LogP) is 1.35. The van der Waals surface area contributed by atoms with E-state index >= 15 is 0 Å². The highest BCUT2D eigenvalue weighted by atomic mass is 32.2. The molecule has 0 spiro atoms. The first-order valence-corrected chi connectivity index (χ1v) is 3.89. The van der Waals surface area contributed by atoms with E-state index in [-0.39, 0.29) is 0 Å². The maximum Gasteiger partial charge on any atom is 0.108 e. The molecule has 0 amide bonds. The standard InChI is InChI=1S/C4H4N2OS2/c5-1-3-8-7-9-4-2-6/h3-4H2. The highest BCUT2D eigenvalue weighted by molar-refractivity contribution is 8.08. The first-order chi connectivity index (χ1) is 4.41. The van der Waals surface area contributed by atoms with Crippen molar-refractivity contribution in [3.63, 3.8) is 0 Å². The van der Waals surface area contributed by atoms with E-state index < -0.39 is 0 Å². The zero-order valence-electron chi connectivity index (χ0n) is 4.53. The Morgan fingerprint density at radius 1 is 1.11 bits per heavy atom. The number of hydrogen-bond donors (Lipinski definition) is 0. The summed E-state index contributed by atoms with van der Waals surface area (Å²) in [5, 5.41) is 16.0. The molecular formula is C4H4N2OS2. The lowest BCUT2D eigenvalue weighted by Crippen LogP contribution is -1.72. The van der Waals surface area contributed by atoms with Crippen molar-refractivity contribution in [3.8, 4) is 12.1 Å². The fourth-order valence-electron chi connectivity index (χ4n) is 0.135. The normalized spacial score (nSPS) is 7.78. The Bertz CT molecular complexity index is 120. The van der Waals surface area contributed by atoms with E-state index in [1.807, 2.05) is 12.1 Å². The predicted molar refractivity (Wildman–Crippen MR) is 37.2 cm³/mol. The SMILES string of the molecule is N#CCSOSCC#N. The molecule has 0 bridgehead atoms. The fraction of sp³-hybridized carbons (Fsp3) is 0.500.